The average Bonchev–Trinajstić information content (AvgIpc) is 3.28. The van der Waals surface area contributed by atoms with Gasteiger partial charge < -0.3 is 15.2 Å². The highest BCUT2D eigenvalue weighted by Crippen LogP contribution is 2.48. The minimum atomic E-state index is -1.63. The number of carbonyl (C=O) groups is 3. The normalized spacial score (nSPS) is 24.7. The molecule has 2 fully saturated rings. The largest absolute Gasteiger partial charge is 0.465 e. The minimum Gasteiger partial charge on any atom is -0.465 e. The second-order valence-corrected chi connectivity index (χ2v) is 10.6. The van der Waals surface area contributed by atoms with Crippen LogP contribution in [-0.4, -0.2) is 52.9 Å². The van der Waals surface area contributed by atoms with Gasteiger partial charge in [0.25, 0.3) is 0 Å². The number of fused-ring (bicyclic) bond motifs is 1. The predicted octanol–water partition coefficient (Wildman–Crippen LogP) is 4.21. The Morgan fingerprint density at radius 3 is 2.24 bits per heavy atom. The molecule has 0 amide bonds. The number of aryl methyl sites for hydroxylation is 1. The van der Waals surface area contributed by atoms with Crippen LogP contribution in [0.4, 0.5) is 0 Å². The van der Waals surface area contributed by atoms with Crippen LogP contribution in [0.5, 0.6) is 0 Å². The third-order valence-corrected chi connectivity index (χ3v) is 8.04. The fraction of sp³-hybridized carbons (Fsp3) is 0.516. The molecule has 1 aliphatic heterocycles. The van der Waals surface area contributed by atoms with Crippen LogP contribution in [0.1, 0.15) is 63.5 Å². The number of esters is 2. The highest BCUT2D eigenvalue weighted by atomic mass is 16.5. The summed E-state index contributed by atoms with van der Waals surface area (Å²) >= 11 is 0. The van der Waals surface area contributed by atoms with E-state index in [1.165, 1.54) is 0 Å². The molecule has 2 aromatic rings. The van der Waals surface area contributed by atoms with E-state index in [1.807, 2.05) is 65.6 Å². The third-order valence-electron chi connectivity index (χ3n) is 8.04. The number of nitrogens with zero attached hydrogens (tertiary/aromatic N) is 1. The lowest BCUT2D eigenvalue weighted by molar-refractivity contribution is -0.170. The molecule has 2 aromatic carbocycles. The van der Waals surface area contributed by atoms with Crippen LogP contribution in [0.15, 0.2) is 60.7 Å². The van der Waals surface area contributed by atoms with Gasteiger partial charge in [-0.15, -0.1) is 0 Å². The first-order valence-electron chi connectivity index (χ1n) is 13.9. The maximum atomic E-state index is 14.1. The summed E-state index contributed by atoms with van der Waals surface area (Å²) in [5.41, 5.74) is 6.48. The molecule has 5 atom stereocenters. The van der Waals surface area contributed by atoms with Crippen molar-refractivity contribution in [3.63, 3.8) is 0 Å². The Hall–Kier alpha value is -3.03. The Kier molecular flexibility index (Phi) is 9.34. The van der Waals surface area contributed by atoms with Gasteiger partial charge in [-0.1, -0.05) is 73.5 Å². The number of ether oxygens (including phenoxy) is 2. The molecule has 2 aliphatic rings. The first kappa shape index (κ1) is 28.0. The Morgan fingerprint density at radius 1 is 0.974 bits per heavy atom. The molecule has 0 bridgehead atoms. The number of hydrogen-bond donors (Lipinski definition) is 1. The van der Waals surface area contributed by atoms with Crippen LogP contribution in [0.3, 0.4) is 0 Å². The quantitative estimate of drug-likeness (QED) is 0.350. The average molecular weight is 521 g/mol. The summed E-state index contributed by atoms with van der Waals surface area (Å²) in [7, 11) is 0. The maximum Gasteiger partial charge on any atom is 0.334 e. The summed E-state index contributed by atoms with van der Waals surface area (Å²) < 4.78 is 11.4. The van der Waals surface area contributed by atoms with Gasteiger partial charge in [-0.3, -0.25) is 14.5 Å². The van der Waals surface area contributed by atoms with Gasteiger partial charge in [-0.05, 0) is 63.0 Å². The van der Waals surface area contributed by atoms with E-state index in [1.54, 1.807) is 13.8 Å². The zero-order valence-corrected chi connectivity index (χ0v) is 22.5. The lowest BCUT2D eigenvalue weighted by atomic mass is 9.80. The maximum absolute atomic E-state index is 14.1. The van der Waals surface area contributed by atoms with Crippen molar-refractivity contribution in [1.29, 1.82) is 0 Å². The van der Waals surface area contributed by atoms with E-state index in [0.29, 0.717) is 19.3 Å². The molecular weight excluding hydrogens is 480 g/mol. The number of ketones is 1. The molecule has 0 radical (unpaired) electrons. The van der Waals surface area contributed by atoms with Crippen molar-refractivity contribution in [2.45, 2.75) is 89.1 Å². The number of Topliss-reactive ketones (excluding diaryl/α,β-unsaturated/α-hetero) is 1. The fourth-order valence-corrected chi connectivity index (χ4v) is 6.35. The van der Waals surface area contributed by atoms with E-state index >= 15 is 0 Å². The lowest BCUT2D eigenvalue weighted by Gasteiger charge is -2.43. The van der Waals surface area contributed by atoms with Crippen LogP contribution in [0.2, 0.25) is 0 Å². The minimum absolute atomic E-state index is 0.0465. The Labute approximate surface area is 225 Å². The van der Waals surface area contributed by atoms with E-state index in [0.717, 1.165) is 36.8 Å². The molecule has 2 N–H and O–H groups in total. The van der Waals surface area contributed by atoms with Crippen LogP contribution in [-0.2, 0) is 36.9 Å². The highest BCUT2D eigenvalue weighted by molar-refractivity contribution is 6.11. The van der Waals surface area contributed by atoms with Gasteiger partial charge in [0.15, 0.2) is 11.3 Å². The van der Waals surface area contributed by atoms with E-state index in [9.17, 15) is 14.4 Å². The van der Waals surface area contributed by atoms with E-state index in [4.69, 9.17) is 15.2 Å². The number of hydrogen-bond acceptors (Lipinski definition) is 7. The summed E-state index contributed by atoms with van der Waals surface area (Å²) in [6.07, 6.45) is 5.07. The third kappa shape index (κ3) is 5.84. The first-order valence-corrected chi connectivity index (χ1v) is 13.9. The first-order chi connectivity index (χ1) is 18.4. The molecule has 1 saturated carbocycles. The Balaban J connectivity index is 1.75. The summed E-state index contributed by atoms with van der Waals surface area (Å²) in [6.45, 7) is 3.65. The van der Waals surface area contributed by atoms with Crippen LogP contribution < -0.4 is 5.73 Å². The van der Waals surface area contributed by atoms with Crippen molar-refractivity contribution < 1.29 is 23.9 Å². The van der Waals surface area contributed by atoms with E-state index in [2.05, 4.69) is 0 Å². The van der Waals surface area contributed by atoms with Crippen molar-refractivity contribution in [3.8, 4) is 0 Å². The number of rotatable bonds is 11. The SMILES string of the molecule is CCOC(=O)[C@H](CCc1ccccc1)N1[C@@H]2CCCC[C@@H]2C[C@@]1(C(=O)OCc1ccccc1)C(=O)C(C)N. The summed E-state index contributed by atoms with van der Waals surface area (Å²) in [6, 6.07) is 17.6. The predicted molar refractivity (Wildman–Crippen MR) is 145 cm³/mol. The van der Waals surface area contributed by atoms with Crippen molar-refractivity contribution in [2.75, 3.05) is 6.61 Å². The fourth-order valence-electron chi connectivity index (χ4n) is 6.35. The zero-order valence-electron chi connectivity index (χ0n) is 22.5. The van der Waals surface area contributed by atoms with Crippen molar-refractivity contribution in [1.82, 2.24) is 4.90 Å². The van der Waals surface area contributed by atoms with Gasteiger partial charge in [-0.25, -0.2) is 4.79 Å². The molecule has 1 unspecified atom stereocenters. The van der Waals surface area contributed by atoms with Gasteiger partial charge in [0.05, 0.1) is 12.6 Å². The van der Waals surface area contributed by atoms with Crippen molar-refractivity contribution >= 4 is 17.7 Å². The second-order valence-electron chi connectivity index (χ2n) is 10.6. The van der Waals surface area contributed by atoms with Gasteiger partial charge in [0.1, 0.15) is 12.6 Å². The second kappa shape index (κ2) is 12.7. The van der Waals surface area contributed by atoms with Gasteiger partial charge in [0, 0.05) is 6.04 Å². The molecule has 7 heteroatoms. The Morgan fingerprint density at radius 2 is 1.61 bits per heavy atom. The molecule has 4 rings (SSSR count). The monoisotopic (exact) mass is 520 g/mol. The standard InChI is InChI=1S/C31H40N2O5/c1-3-37-29(35)27(19-18-23-12-6-4-7-13-23)33-26-17-11-10-16-25(26)20-31(33,28(34)22(2)32)30(36)38-21-24-14-8-5-9-15-24/h4-9,12-15,22,25-27H,3,10-11,16-21,32H2,1-2H3/t22?,25-,26-,27+,31+/m1/s1. The van der Waals surface area contributed by atoms with Crippen LogP contribution >= 0.6 is 0 Å². The van der Waals surface area contributed by atoms with E-state index < -0.39 is 29.6 Å². The molecule has 0 spiro atoms. The molecule has 38 heavy (non-hydrogen) atoms. The van der Waals surface area contributed by atoms with Gasteiger partial charge >= 0.3 is 11.9 Å². The number of carbonyl (C=O) groups excluding carboxylic acids is 3. The molecule has 0 aromatic heterocycles. The van der Waals surface area contributed by atoms with Crippen molar-refractivity contribution in [3.05, 3.63) is 71.8 Å². The summed E-state index contributed by atoms with van der Waals surface area (Å²) in [5.74, 6) is -1.32. The van der Waals surface area contributed by atoms with Crippen LogP contribution in [0.25, 0.3) is 0 Å². The smallest absolute Gasteiger partial charge is 0.334 e. The molecule has 1 saturated heterocycles. The number of benzene rings is 2. The number of likely N-dealkylation sites (tertiary alicyclic amines) is 1. The molecule has 7 nitrogen and oxygen atoms in total. The lowest BCUT2D eigenvalue weighted by Crippen LogP contribution is -2.66. The van der Waals surface area contributed by atoms with Gasteiger partial charge in [-0.2, -0.15) is 0 Å². The highest BCUT2D eigenvalue weighted by Gasteiger charge is 2.64. The van der Waals surface area contributed by atoms with Crippen LogP contribution in [0, 0.1) is 5.92 Å². The summed E-state index contributed by atoms with van der Waals surface area (Å²) in [5, 5.41) is 0. The molecule has 1 heterocycles. The van der Waals surface area contributed by atoms with Crippen molar-refractivity contribution in [2.24, 2.45) is 11.7 Å². The topological polar surface area (TPSA) is 98.9 Å². The Bertz CT molecular complexity index is 1090. The van der Waals surface area contributed by atoms with E-state index in [-0.39, 0.29) is 31.0 Å². The zero-order chi connectivity index (χ0) is 27.1. The van der Waals surface area contributed by atoms with Gasteiger partial charge in [0.2, 0.25) is 0 Å². The molecular formula is C31H40N2O5. The molecule has 204 valence electrons. The number of nitrogens with two attached hydrogens (primary N) is 1. The molecule has 1 aliphatic carbocycles. The summed E-state index contributed by atoms with van der Waals surface area (Å²) in [4.78, 5) is 43.6.